The molecule has 0 aromatic heterocycles. The van der Waals surface area contributed by atoms with Crippen LogP contribution in [0.5, 0.6) is 0 Å². The molecule has 0 radical (unpaired) electrons. The fourth-order valence-electron chi connectivity index (χ4n) is 3.28. The van der Waals surface area contributed by atoms with E-state index in [2.05, 4.69) is 19.2 Å². The second-order valence-corrected chi connectivity index (χ2v) is 6.02. The molecule has 1 N–H and O–H groups in total. The summed E-state index contributed by atoms with van der Waals surface area (Å²) >= 11 is 0. The quantitative estimate of drug-likeness (QED) is 0.863. The molecular formula is C16H23ClN2O. The number of amides is 1. The molecule has 2 heterocycles. The molecule has 110 valence electrons. The zero-order chi connectivity index (χ0) is 13.4. The van der Waals surface area contributed by atoms with Crippen molar-refractivity contribution in [3.05, 3.63) is 34.9 Å². The molecule has 1 aromatic carbocycles. The highest BCUT2D eigenvalue weighted by molar-refractivity contribution is 5.94. The number of carbonyl (C=O) groups is 1. The topological polar surface area (TPSA) is 32.3 Å². The van der Waals surface area contributed by atoms with Gasteiger partial charge in [0.25, 0.3) is 5.91 Å². The monoisotopic (exact) mass is 294 g/mol. The maximum atomic E-state index is 12.6. The van der Waals surface area contributed by atoms with Gasteiger partial charge in [-0.05, 0) is 68.5 Å². The van der Waals surface area contributed by atoms with Gasteiger partial charge < -0.3 is 10.2 Å². The summed E-state index contributed by atoms with van der Waals surface area (Å²) in [6, 6.07) is 6.03. The van der Waals surface area contributed by atoms with E-state index in [4.69, 9.17) is 0 Å². The Balaban J connectivity index is 0.00000147. The molecule has 0 aliphatic carbocycles. The van der Waals surface area contributed by atoms with E-state index in [1.54, 1.807) is 0 Å². The van der Waals surface area contributed by atoms with Crippen molar-refractivity contribution < 1.29 is 4.79 Å². The zero-order valence-electron chi connectivity index (χ0n) is 12.2. The van der Waals surface area contributed by atoms with Crippen LogP contribution in [0.1, 0.15) is 27.9 Å². The summed E-state index contributed by atoms with van der Waals surface area (Å²) in [6.45, 7) is 8.19. The van der Waals surface area contributed by atoms with Gasteiger partial charge in [-0.25, -0.2) is 0 Å². The first-order chi connectivity index (χ1) is 9.15. The Bertz CT molecular complexity index is 503. The summed E-state index contributed by atoms with van der Waals surface area (Å²) in [7, 11) is 0. The number of carbonyl (C=O) groups excluding carboxylic acids is 1. The van der Waals surface area contributed by atoms with E-state index in [1.807, 2.05) is 23.1 Å². The maximum absolute atomic E-state index is 12.6. The summed E-state index contributed by atoms with van der Waals surface area (Å²) in [5, 5.41) is 3.44. The van der Waals surface area contributed by atoms with E-state index >= 15 is 0 Å². The fourth-order valence-corrected chi connectivity index (χ4v) is 3.28. The first kappa shape index (κ1) is 15.3. The fraction of sp³-hybridized carbons (Fsp3) is 0.562. The van der Waals surface area contributed by atoms with Crippen LogP contribution in [0.25, 0.3) is 0 Å². The third-order valence-electron chi connectivity index (χ3n) is 4.75. The number of benzene rings is 1. The number of nitrogens with one attached hydrogen (secondary N) is 1. The van der Waals surface area contributed by atoms with Crippen LogP contribution in [0, 0.1) is 25.7 Å². The highest BCUT2D eigenvalue weighted by Crippen LogP contribution is 2.27. The van der Waals surface area contributed by atoms with E-state index in [9.17, 15) is 4.79 Å². The molecular weight excluding hydrogens is 272 g/mol. The molecule has 3 rings (SSSR count). The summed E-state index contributed by atoms with van der Waals surface area (Å²) in [6.07, 6.45) is 1.15. The second-order valence-electron chi connectivity index (χ2n) is 6.02. The molecule has 2 aliphatic rings. The maximum Gasteiger partial charge on any atom is 0.253 e. The van der Waals surface area contributed by atoms with Crippen molar-refractivity contribution in [2.24, 2.45) is 11.8 Å². The van der Waals surface area contributed by atoms with Crippen molar-refractivity contribution in [3.8, 4) is 0 Å². The van der Waals surface area contributed by atoms with Gasteiger partial charge >= 0.3 is 0 Å². The Labute approximate surface area is 127 Å². The molecule has 0 saturated carbocycles. The number of rotatable bonds is 1. The van der Waals surface area contributed by atoms with Crippen molar-refractivity contribution in [3.63, 3.8) is 0 Å². The number of aryl methyl sites for hydroxylation is 2. The van der Waals surface area contributed by atoms with Gasteiger partial charge in [0.15, 0.2) is 0 Å². The smallest absolute Gasteiger partial charge is 0.253 e. The van der Waals surface area contributed by atoms with Crippen LogP contribution in [0.3, 0.4) is 0 Å². The number of hydrogen-bond acceptors (Lipinski definition) is 2. The minimum atomic E-state index is 0. The molecule has 2 saturated heterocycles. The van der Waals surface area contributed by atoms with Gasteiger partial charge in [0, 0.05) is 18.7 Å². The molecule has 20 heavy (non-hydrogen) atoms. The van der Waals surface area contributed by atoms with Gasteiger partial charge in [0.1, 0.15) is 0 Å². The Morgan fingerprint density at radius 2 is 1.95 bits per heavy atom. The summed E-state index contributed by atoms with van der Waals surface area (Å²) in [5.41, 5.74) is 3.28. The minimum absolute atomic E-state index is 0. The zero-order valence-corrected chi connectivity index (χ0v) is 13.0. The number of nitrogens with zero attached hydrogens (tertiary/aromatic N) is 1. The van der Waals surface area contributed by atoms with Crippen LogP contribution in [0.4, 0.5) is 0 Å². The predicted octanol–water partition coefficient (Wildman–Crippen LogP) is 2.41. The molecule has 4 heteroatoms. The Kier molecular flexibility index (Phi) is 4.71. The standard InChI is InChI=1S/C16H22N2O.ClH/c1-11-3-4-13(7-12(11)2)16(19)18-6-5-14-8-17-9-15(14)10-18;/h3-4,7,14-15,17H,5-6,8-10H2,1-2H3;1H. The third kappa shape index (κ3) is 2.84. The van der Waals surface area contributed by atoms with Gasteiger partial charge in [0.2, 0.25) is 0 Å². The number of fused-ring (bicyclic) bond motifs is 1. The van der Waals surface area contributed by atoms with E-state index in [0.717, 1.165) is 44.1 Å². The molecule has 2 unspecified atom stereocenters. The summed E-state index contributed by atoms with van der Waals surface area (Å²) < 4.78 is 0. The average Bonchev–Trinajstić information content (AvgIpc) is 2.88. The third-order valence-corrected chi connectivity index (χ3v) is 4.75. The lowest BCUT2D eigenvalue weighted by Gasteiger charge is -2.34. The van der Waals surface area contributed by atoms with Crippen LogP contribution >= 0.6 is 12.4 Å². The summed E-state index contributed by atoms with van der Waals surface area (Å²) in [4.78, 5) is 14.6. The Morgan fingerprint density at radius 3 is 2.70 bits per heavy atom. The number of likely N-dealkylation sites (tertiary alicyclic amines) is 1. The molecule has 1 aromatic rings. The average molecular weight is 295 g/mol. The SMILES string of the molecule is Cc1ccc(C(=O)N2CCC3CNCC3C2)cc1C.Cl. The van der Waals surface area contributed by atoms with Gasteiger partial charge in [-0.3, -0.25) is 4.79 Å². The normalized spacial score (nSPS) is 25.0. The highest BCUT2D eigenvalue weighted by atomic mass is 35.5. The lowest BCUT2D eigenvalue weighted by Crippen LogP contribution is -2.43. The second kappa shape index (κ2) is 6.15. The van der Waals surface area contributed by atoms with Crippen molar-refractivity contribution in [2.75, 3.05) is 26.2 Å². The van der Waals surface area contributed by atoms with Crippen LogP contribution < -0.4 is 5.32 Å². The number of piperidine rings is 1. The lowest BCUT2D eigenvalue weighted by molar-refractivity contribution is 0.0642. The molecule has 1 amide bonds. The van der Waals surface area contributed by atoms with Crippen LogP contribution in [0.15, 0.2) is 18.2 Å². The molecule has 0 spiro atoms. The number of halogens is 1. The van der Waals surface area contributed by atoms with Crippen LogP contribution in [0.2, 0.25) is 0 Å². The van der Waals surface area contributed by atoms with Gasteiger partial charge in [-0.15, -0.1) is 12.4 Å². The molecule has 0 bridgehead atoms. The van der Waals surface area contributed by atoms with Crippen LogP contribution in [-0.2, 0) is 0 Å². The minimum Gasteiger partial charge on any atom is -0.338 e. The van der Waals surface area contributed by atoms with E-state index in [-0.39, 0.29) is 18.3 Å². The van der Waals surface area contributed by atoms with Crippen LogP contribution in [-0.4, -0.2) is 37.0 Å². The predicted molar refractivity (Wildman–Crippen MR) is 83.5 cm³/mol. The highest BCUT2D eigenvalue weighted by Gasteiger charge is 2.34. The molecule has 2 fully saturated rings. The van der Waals surface area contributed by atoms with Gasteiger partial charge in [-0.1, -0.05) is 6.07 Å². The molecule has 3 nitrogen and oxygen atoms in total. The first-order valence-corrected chi connectivity index (χ1v) is 7.22. The van der Waals surface area contributed by atoms with Crippen molar-refractivity contribution >= 4 is 18.3 Å². The van der Waals surface area contributed by atoms with E-state index < -0.39 is 0 Å². The van der Waals surface area contributed by atoms with Gasteiger partial charge in [-0.2, -0.15) is 0 Å². The molecule has 2 aliphatic heterocycles. The number of hydrogen-bond donors (Lipinski definition) is 1. The van der Waals surface area contributed by atoms with E-state index in [1.165, 1.54) is 11.1 Å². The largest absolute Gasteiger partial charge is 0.338 e. The Hall–Kier alpha value is -1.06. The summed E-state index contributed by atoms with van der Waals surface area (Å²) in [5.74, 6) is 1.64. The molecule has 2 atom stereocenters. The van der Waals surface area contributed by atoms with E-state index in [0.29, 0.717) is 5.92 Å². The lowest BCUT2D eigenvalue weighted by atomic mass is 9.88. The van der Waals surface area contributed by atoms with Crippen molar-refractivity contribution in [1.82, 2.24) is 10.2 Å². The van der Waals surface area contributed by atoms with Crippen molar-refractivity contribution in [2.45, 2.75) is 20.3 Å². The van der Waals surface area contributed by atoms with Crippen molar-refractivity contribution in [1.29, 1.82) is 0 Å². The first-order valence-electron chi connectivity index (χ1n) is 7.22. The Morgan fingerprint density at radius 1 is 1.20 bits per heavy atom. The van der Waals surface area contributed by atoms with Gasteiger partial charge in [0.05, 0.1) is 0 Å².